The first-order valence-corrected chi connectivity index (χ1v) is 15.0. The molecule has 0 radical (unpaired) electrons. The van der Waals surface area contributed by atoms with Gasteiger partial charge in [0.1, 0.15) is 0 Å². The molecule has 8 heteroatoms. The van der Waals surface area contributed by atoms with Gasteiger partial charge in [-0.05, 0) is 38.5 Å². The zero-order valence-electron chi connectivity index (χ0n) is 25.9. The molecule has 0 saturated heterocycles. The maximum absolute atomic E-state index is 11.7. The largest absolute Gasteiger partial charge is 0.512 e. The fourth-order valence-corrected chi connectivity index (χ4v) is 5.46. The Balaban J connectivity index is -0.000000241. The molecule has 0 aromatic heterocycles. The molecule has 2 unspecified atom stereocenters. The van der Waals surface area contributed by atoms with Crippen molar-refractivity contribution in [3.8, 4) is 0 Å². The summed E-state index contributed by atoms with van der Waals surface area (Å²) < 4.78 is 0. The first-order valence-electron chi connectivity index (χ1n) is 15.0. The van der Waals surface area contributed by atoms with Crippen LogP contribution in [0.2, 0.25) is 0 Å². The number of hydrogen-bond donors (Lipinski definition) is 4. The molecule has 0 aromatic carbocycles. The first-order chi connectivity index (χ1) is 17.7. The number of aliphatic hydroxyl groups is 4. The first kappa shape index (κ1) is 45.7. The van der Waals surface area contributed by atoms with Crippen molar-refractivity contribution < 1.29 is 72.1 Å². The molecule has 0 heterocycles. The average Bonchev–Trinajstić information content (AvgIpc) is 3.36. The number of carbonyl (C=O) groups excluding carboxylic acids is 2. The van der Waals surface area contributed by atoms with E-state index < -0.39 is 11.2 Å². The minimum atomic E-state index is -0.799. The molecule has 0 aliphatic heterocycles. The van der Waals surface area contributed by atoms with Gasteiger partial charge in [0.25, 0.3) is 0 Å². The summed E-state index contributed by atoms with van der Waals surface area (Å²) in [5.74, 6) is -0.431. The molecule has 4 aliphatic carbocycles. The normalized spacial score (nSPS) is 23.9. The van der Waals surface area contributed by atoms with Gasteiger partial charge >= 0.3 is 0 Å². The third-order valence-corrected chi connectivity index (χ3v) is 7.17. The molecular formula is C31H58O6W2. The van der Waals surface area contributed by atoms with Gasteiger partial charge in [-0.25, -0.2) is 0 Å². The molecule has 230 valence electrons. The predicted octanol–water partition coefficient (Wildman–Crippen LogP) is 7.91. The SMILES string of the molecule is CC.CC.CC.CC.O=C1C=C(O)CCC1C1(O)CCCC1.O=C1C=C(O)CCC1C1(O)CCCCC1.[W].[W]. The summed E-state index contributed by atoms with van der Waals surface area (Å²) in [5, 5.41) is 39.1. The van der Waals surface area contributed by atoms with Gasteiger partial charge in [0.2, 0.25) is 0 Å². The summed E-state index contributed by atoms with van der Waals surface area (Å²) in [5.41, 5.74) is -1.58. The van der Waals surface area contributed by atoms with E-state index in [1.54, 1.807) is 0 Å². The van der Waals surface area contributed by atoms with Crippen molar-refractivity contribution >= 4 is 11.6 Å². The Kier molecular flexibility index (Phi) is 29.8. The van der Waals surface area contributed by atoms with E-state index in [2.05, 4.69) is 0 Å². The number of ketones is 2. The van der Waals surface area contributed by atoms with Gasteiger partial charge in [-0.2, -0.15) is 0 Å². The van der Waals surface area contributed by atoms with Gasteiger partial charge in [-0.15, -0.1) is 0 Å². The minimum absolute atomic E-state index is 0. The third-order valence-electron chi connectivity index (χ3n) is 7.17. The van der Waals surface area contributed by atoms with Gasteiger partial charge in [-0.1, -0.05) is 87.5 Å². The van der Waals surface area contributed by atoms with Gasteiger partial charge in [0.05, 0.1) is 34.6 Å². The molecule has 0 spiro atoms. The zero-order valence-corrected chi connectivity index (χ0v) is 31.8. The molecule has 4 aliphatic rings. The number of carbonyl (C=O) groups is 2. The third kappa shape index (κ3) is 15.0. The van der Waals surface area contributed by atoms with E-state index in [1.807, 2.05) is 55.4 Å². The Morgan fingerprint density at radius 3 is 1.08 bits per heavy atom. The number of hydrogen-bond acceptors (Lipinski definition) is 6. The average molecular weight is 894 g/mol. The summed E-state index contributed by atoms with van der Waals surface area (Å²) in [7, 11) is 0. The molecule has 2 atom stereocenters. The fraction of sp³-hybridized carbons (Fsp3) is 0.806. The quantitative estimate of drug-likeness (QED) is 0.224. The van der Waals surface area contributed by atoms with E-state index >= 15 is 0 Å². The molecule has 39 heavy (non-hydrogen) atoms. The summed E-state index contributed by atoms with van der Waals surface area (Å²) in [6, 6.07) is 0. The van der Waals surface area contributed by atoms with Crippen LogP contribution in [0.15, 0.2) is 23.7 Å². The Morgan fingerprint density at radius 1 is 0.564 bits per heavy atom. The minimum Gasteiger partial charge on any atom is -0.512 e. The van der Waals surface area contributed by atoms with Crippen LogP contribution in [-0.4, -0.2) is 43.2 Å². The van der Waals surface area contributed by atoms with E-state index in [4.69, 9.17) is 0 Å². The van der Waals surface area contributed by atoms with Gasteiger partial charge in [0.15, 0.2) is 11.6 Å². The van der Waals surface area contributed by atoms with Crippen molar-refractivity contribution in [1.29, 1.82) is 0 Å². The summed E-state index contributed by atoms with van der Waals surface area (Å²) >= 11 is 0. The van der Waals surface area contributed by atoms with Crippen molar-refractivity contribution in [3.05, 3.63) is 23.7 Å². The monoisotopic (exact) mass is 894 g/mol. The van der Waals surface area contributed by atoms with Crippen LogP contribution in [0.3, 0.4) is 0 Å². The van der Waals surface area contributed by atoms with Crippen molar-refractivity contribution in [3.63, 3.8) is 0 Å². The molecule has 4 N–H and O–H groups in total. The summed E-state index contributed by atoms with van der Waals surface area (Å²) in [6.07, 6.45) is 13.0. The molecule has 2 saturated carbocycles. The van der Waals surface area contributed by atoms with Crippen LogP contribution in [-0.2, 0) is 51.7 Å². The zero-order chi connectivity index (χ0) is 29.1. The van der Waals surface area contributed by atoms with Crippen LogP contribution in [0.25, 0.3) is 0 Å². The second kappa shape index (κ2) is 25.4. The van der Waals surface area contributed by atoms with Crippen LogP contribution in [0, 0.1) is 11.8 Å². The van der Waals surface area contributed by atoms with E-state index in [9.17, 15) is 30.0 Å². The van der Waals surface area contributed by atoms with Crippen molar-refractivity contribution in [1.82, 2.24) is 0 Å². The van der Waals surface area contributed by atoms with Crippen LogP contribution < -0.4 is 0 Å². The Morgan fingerprint density at radius 2 is 0.821 bits per heavy atom. The molecule has 2 fully saturated rings. The summed E-state index contributed by atoms with van der Waals surface area (Å²) in [4.78, 5) is 23.3. The van der Waals surface area contributed by atoms with Crippen LogP contribution >= 0.6 is 0 Å². The Hall–Kier alpha value is -0.283. The number of allylic oxidation sites excluding steroid dienone is 4. The molecular weight excluding hydrogens is 836 g/mol. The number of rotatable bonds is 2. The van der Waals surface area contributed by atoms with Gasteiger partial charge < -0.3 is 20.4 Å². The van der Waals surface area contributed by atoms with E-state index in [0.717, 1.165) is 57.8 Å². The summed E-state index contributed by atoms with van der Waals surface area (Å²) in [6.45, 7) is 16.0. The maximum atomic E-state index is 11.7. The van der Waals surface area contributed by atoms with Crippen LogP contribution in [0.1, 0.15) is 139 Å². The van der Waals surface area contributed by atoms with Crippen LogP contribution in [0.5, 0.6) is 0 Å². The standard InChI is InChI=1S/C12H18O3.C11H16O3.4C2H6.2W/c13-9-4-5-10(11(14)8-9)12(15)6-2-1-3-7-12;12-8-3-4-9(10(13)7-8)11(14)5-1-2-6-11;4*1-2;;/h8,10,13,15H,1-7H2;7,9,12,14H,1-6H2;4*1-2H3;;. The molecule has 0 bridgehead atoms. The number of aliphatic hydroxyl groups excluding tert-OH is 2. The Bertz CT molecular complexity index is 693. The van der Waals surface area contributed by atoms with Crippen molar-refractivity contribution in [2.45, 2.75) is 150 Å². The molecule has 0 aromatic rings. The van der Waals surface area contributed by atoms with E-state index in [-0.39, 0.29) is 77.1 Å². The van der Waals surface area contributed by atoms with Crippen molar-refractivity contribution in [2.75, 3.05) is 0 Å². The maximum Gasteiger partial charge on any atom is 0.164 e. The van der Waals surface area contributed by atoms with Gasteiger partial charge in [-0.3, -0.25) is 9.59 Å². The van der Waals surface area contributed by atoms with Crippen LogP contribution in [0.4, 0.5) is 0 Å². The van der Waals surface area contributed by atoms with E-state index in [1.165, 1.54) is 12.2 Å². The smallest absolute Gasteiger partial charge is 0.164 e. The van der Waals surface area contributed by atoms with E-state index in [0.29, 0.717) is 25.7 Å². The molecule has 6 nitrogen and oxygen atoms in total. The van der Waals surface area contributed by atoms with Crippen molar-refractivity contribution in [2.24, 2.45) is 11.8 Å². The van der Waals surface area contributed by atoms with Gasteiger partial charge in [0, 0.05) is 67.1 Å². The predicted molar refractivity (Wildman–Crippen MR) is 154 cm³/mol. The Labute approximate surface area is 268 Å². The topological polar surface area (TPSA) is 115 Å². The molecule has 0 amide bonds. The second-order valence-electron chi connectivity index (χ2n) is 9.23. The second-order valence-corrected chi connectivity index (χ2v) is 9.23. The molecule has 4 rings (SSSR count). The fourth-order valence-electron chi connectivity index (χ4n) is 5.46.